The summed E-state index contributed by atoms with van der Waals surface area (Å²) in [5.41, 5.74) is 2.43. The van der Waals surface area contributed by atoms with Crippen molar-refractivity contribution in [1.29, 1.82) is 0 Å². The lowest BCUT2D eigenvalue weighted by molar-refractivity contribution is 0.0792. The van der Waals surface area contributed by atoms with Crippen LogP contribution in [0, 0.1) is 6.92 Å². The minimum Gasteiger partial charge on any atom is -0.361 e. The zero-order chi connectivity index (χ0) is 17.8. The molecule has 1 aliphatic heterocycles. The zero-order valence-corrected chi connectivity index (χ0v) is 14.7. The van der Waals surface area contributed by atoms with Gasteiger partial charge in [0.25, 0.3) is 11.8 Å². The number of amides is 2. The molecule has 2 heterocycles. The second-order valence-electron chi connectivity index (χ2n) is 6.41. The minimum atomic E-state index is -0.312. The van der Waals surface area contributed by atoms with Crippen LogP contribution in [0.25, 0.3) is 0 Å². The van der Waals surface area contributed by atoms with E-state index in [0.717, 1.165) is 44.3 Å². The van der Waals surface area contributed by atoms with Crippen LogP contribution < -0.4 is 5.32 Å². The molecule has 0 aliphatic carbocycles. The van der Waals surface area contributed by atoms with Crippen molar-refractivity contribution >= 4 is 17.5 Å². The first-order chi connectivity index (χ1) is 12.1. The number of nitrogens with zero attached hydrogens (tertiary/aromatic N) is 2. The molecule has 132 valence electrons. The normalized spacial score (nSPS) is 13.9. The Morgan fingerprint density at radius 3 is 2.68 bits per heavy atom. The van der Waals surface area contributed by atoms with E-state index in [4.69, 9.17) is 4.52 Å². The maximum absolute atomic E-state index is 12.4. The van der Waals surface area contributed by atoms with Gasteiger partial charge in [0.2, 0.25) is 0 Å². The number of hydrogen-bond acceptors (Lipinski definition) is 4. The molecular formula is C19H23N3O3. The highest BCUT2D eigenvalue weighted by Crippen LogP contribution is 2.20. The number of hydrogen-bond donors (Lipinski definition) is 1. The largest absolute Gasteiger partial charge is 0.361 e. The molecule has 1 fully saturated rings. The molecule has 0 atom stereocenters. The highest BCUT2D eigenvalue weighted by atomic mass is 16.5. The standard InChI is InChI=1S/C19H23N3O3/c1-3-6-15-12-17(21-25-15)18(23)20-16-8-7-14(11-13(16)2)19(24)22-9-4-5-10-22/h7-8,11-12H,3-6,9-10H2,1-2H3,(H,20,23). The number of carbonyl (C=O) groups excluding carboxylic acids is 2. The summed E-state index contributed by atoms with van der Waals surface area (Å²) in [6.07, 6.45) is 3.82. The first-order valence-electron chi connectivity index (χ1n) is 8.75. The molecule has 1 N–H and O–H groups in total. The van der Waals surface area contributed by atoms with Gasteiger partial charge in [0.05, 0.1) is 0 Å². The second-order valence-corrected chi connectivity index (χ2v) is 6.41. The van der Waals surface area contributed by atoms with Gasteiger partial charge < -0.3 is 14.7 Å². The third kappa shape index (κ3) is 3.90. The molecule has 1 aliphatic rings. The number of likely N-dealkylation sites (tertiary alicyclic amines) is 1. The molecule has 0 bridgehead atoms. The first kappa shape index (κ1) is 17.2. The topological polar surface area (TPSA) is 75.4 Å². The van der Waals surface area contributed by atoms with Crippen LogP contribution in [0.1, 0.15) is 58.4 Å². The van der Waals surface area contributed by atoms with E-state index in [9.17, 15) is 9.59 Å². The summed E-state index contributed by atoms with van der Waals surface area (Å²) >= 11 is 0. The maximum atomic E-state index is 12.4. The molecular weight excluding hydrogens is 318 g/mol. The van der Waals surface area contributed by atoms with Gasteiger partial charge in [0, 0.05) is 36.8 Å². The molecule has 0 radical (unpaired) electrons. The lowest BCUT2D eigenvalue weighted by atomic mass is 10.1. The molecule has 1 saturated heterocycles. The van der Waals surface area contributed by atoms with Crippen molar-refractivity contribution in [2.24, 2.45) is 0 Å². The first-order valence-corrected chi connectivity index (χ1v) is 8.75. The lowest BCUT2D eigenvalue weighted by Crippen LogP contribution is -2.27. The van der Waals surface area contributed by atoms with Crippen molar-refractivity contribution in [2.75, 3.05) is 18.4 Å². The number of nitrogens with one attached hydrogen (secondary N) is 1. The van der Waals surface area contributed by atoms with Gasteiger partial charge in [0.15, 0.2) is 5.69 Å². The SMILES string of the molecule is CCCc1cc(C(=O)Nc2ccc(C(=O)N3CCCC3)cc2C)no1. The van der Waals surface area contributed by atoms with Crippen LogP contribution in [-0.2, 0) is 6.42 Å². The molecule has 6 heteroatoms. The van der Waals surface area contributed by atoms with Gasteiger partial charge in [-0.3, -0.25) is 9.59 Å². The minimum absolute atomic E-state index is 0.0548. The summed E-state index contributed by atoms with van der Waals surface area (Å²) in [5, 5.41) is 6.64. The van der Waals surface area contributed by atoms with Crippen molar-refractivity contribution in [3.8, 4) is 0 Å². The Balaban J connectivity index is 1.70. The quantitative estimate of drug-likeness (QED) is 0.904. The predicted molar refractivity (Wildman–Crippen MR) is 94.8 cm³/mol. The van der Waals surface area contributed by atoms with E-state index < -0.39 is 0 Å². The van der Waals surface area contributed by atoms with Crippen LogP contribution in [0.3, 0.4) is 0 Å². The van der Waals surface area contributed by atoms with Gasteiger partial charge in [-0.25, -0.2) is 0 Å². The number of aryl methyl sites for hydroxylation is 2. The molecule has 1 aromatic carbocycles. The molecule has 2 aromatic rings. The van der Waals surface area contributed by atoms with E-state index in [2.05, 4.69) is 10.5 Å². The summed E-state index contributed by atoms with van der Waals surface area (Å²) in [6, 6.07) is 7.01. The van der Waals surface area contributed by atoms with Gasteiger partial charge >= 0.3 is 0 Å². The van der Waals surface area contributed by atoms with E-state index in [0.29, 0.717) is 17.0 Å². The third-order valence-corrected chi connectivity index (χ3v) is 4.40. The van der Waals surface area contributed by atoms with E-state index in [-0.39, 0.29) is 17.5 Å². The maximum Gasteiger partial charge on any atom is 0.277 e. The van der Waals surface area contributed by atoms with E-state index >= 15 is 0 Å². The van der Waals surface area contributed by atoms with E-state index in [1.807, 2.05) is 24.8 Å². The van der Waals surface area contributed by atoms with Crippen molar-refractivity contribution < 1.29 is 14.1 Å². The average Bonchev–Trinajstić information content (AvgIpc) is 3.28. The van der Waals surface area contributed by atoms with Gasteiger partial charge in [-0.05, 0) is 49.9 Å². The molecule has 0 saturated carbocycles. The second kappa shape index (κ2) is 7.51. The smallest absolute Gasteiger partial charge is 0.277 e. The third-order valence-electron chi connectivity index (χ3n) is 4.40. The fourth-order valence-electron chi connectivity index (χ4n) is 3.01. The van der Waals surface area contributed by atoms with Crippen molar-refractivity contribution in [2.45, 2.75) is 39.5 Å². The Morgan fingerprint density at radius 1 is 1.24 bits per heavy atom. The summed E-state index contributed by atoms with van der Waals surface area (Å²) in [7, 11) is 0. The average molecular weight is 341 g/mol. The van der Waals surface area contributed by atoms with Gasteiger partial charge in [-0.15, -0.1) is 0 Å². The lowest BCUT2D eigenvalue weighted by Gasteiger charge is -2.16. The molecule has 1 aromatic heterocycles. The Morgan fingerprint density at radius 2 is 2.00 bits per heavy atom. The Hall–Kier alpha value is -2.63. The number of aromatic nitrogens is 1. The van der Waals surface area contributed by atoms with Gasteiger partial charge in [-0.2, -0.15) is 0 Å². The van der Waals surface area contributed by atoms with E-state index in [1.54, 1.807) is 18.2 Å². The highest BCUT2D eigenvalue weighted by Gasteiger charge is 2.20. The van der Waals surface area contributed by atoms with Crippen molar-refractivity contribution in [3.05, 3.63) is 46.8 Å². The highest BCUT2D eigenvalue weighted by molar-refractivity contribution is 6.03. The fraction of sp³-hybridized carbons (Fsp3) is 0.421. The fourth-order valence-corrected chi connectivity index (χ4v) is 3.01. The summed E-state index contributed by atoms with van der Waals surface area (Å²) in [5.74, 6) is 0.447. The molecule has 0 unspecified atom stereocenters. The van der Waals surface area contributed by atoms with Crippen molar-refractivity contribution in [1.82, 2.24) is 10.1 Å². The Bertz CT molecular complexity index is 776. The molecule has 6 nitrogen and oxygen atoms in total. The zero-order valence-electron chi connectivity index (χ0n) is 14.7. The summed E-state index contributed by atoms with van der Waals surface area (Å²) in [4.78, 5) is 26.6. The van der Waals surface area contributed by atoms with Crippen LogP contribution in [-0.4, -0.2) is 35.0 Å². The molecule has 2 amide bonds. The number of rotatable bonds is 5. The van der Waals surface area contributed by atoms with Crippen LogP contribution in [0.2, 0.25) is 0 Å². The van der Waals surface area contributed by atoms with Gasteiger partial charge in [0.1, 0.15) is 5.76 Å². The Labute approximate surface area is 147 Å². The summed E-state index contributed by atoms with van der Waals surface area (Å²) in [6.45, 7) is 5.56. The van der Waals surface area contributed by atoms with Gasteiger partial charge in [-0.1, -0.05) is 12.1 Å². The molecule has 25 heavy (non-hydrogen) atoms. The molecule has 0 spiro atoms. The monoisotopic (exact) mass is 341 g/mol. The van der Waals surface area contributed by atoms with Crippen LogP contribution in [0.4, 0.5) is 5.69 Å². The van der Waals surface area contributed by atoms with Crippen LogP contribution in [0.5, 0.6) is 0 Å². The van der Waals surface area contributed by atoms with Crippen LogP contribution >= 0.6 is 0 Å². The molecule has 3 rings (SSSR count). The predicted octanol–water partition coefficient (Wildman–Crippen LogP) is 3.42. The van der Waals surface area contributed by atoms with E-state index in [1.165, 1.54) is 0 Å². The van der Waals surface area contributed by atoms with Crippen LogP contribution in [0.15, 0.2) is 28.8 Å². The number of carbonyl (C=O) groups is 2. The Kier molecular flexibility index (Phi) is 5.16. The number of benzene rings is 1. The number of anilines is 1. The van der Waals surface area contributed by atoms with Crippen molar-refractivity contribution in [3.63, 3.8) is 0 Å². The summed E-state index contributed by atoms with van der Waals surface area (Å²) < 4.78 is 5.14.